The first kappa shape index (κ1) is 19.8. The summed E-state index contributed by atoms with van der Waals surface area (Å²) in [6, 6.07) is 6.77. The molecule has 0 radical (unpaired) electrons. The minimum atomic E-state index is -0.531. The van der Waals surface area contributed by atoms with Gasteiger partial charge in [-0.15, -0.1) is 0 Å². The standard InChI is InChI=1S/C17H17ClN4O3S/c1-4-13-11(8-19)16(24)22-17(21-13)26-9(2)15(23)20-10-5-6-14(25-3)12(18)7-10/h5-7,9H,4H2,1-3H3,(H,20,23)(H,21,22,24). The molecule has 1 aromatic carbocycles. The molecule has 0 saturated heterocycles. The normalized spacial score (nSPS) is 11.5. The third-order valence-electron chi connectivity index (χ3n) is 3.50. The quantitative estimate of drug-likeness (QED) is 0.578. The molecule has 0 aliphatic heterocycles. The molecule has 2 rings (SSSR count). The SMILES string of the molecule is CCc1nc(SC(C)C(=O)Nc2ccc(OC)c(Cl)c2)[nH]c(=O)c1C#N. The number of carbonyl (C=O) groups excluding carboxylic acids is 1. The van der Waals surface area contributed by atoms with E-state index in [1.54, 1.807) is 32.0 Å². The number of benzene rings is 1. The van der Waals surface area contributed by atoms with Crippen LogP contribution in [0.2, 0.25) is 5.02 Å². The van der Waals surface area contributed by atoms with E-state index < -0.39 is 10.8 Å². The van der Waals surface area contributed by atoms with Gasteiger partial charge in [-0.25, -0.2) is 4.98 Å². The Kier molecular flexibility index (Phi) is 6.66. The van der Waals surface area contributed by atoms with Crippen molar-refractivity contribution in [1.82, 2.24) is 9.97 Å². The average molecular weight is 393 g/mol. The number of nitriles is 1. The lowest BCUT2D eigenvalue weighted by atomic mass is 10.2. The lowest BCUT2D eigenvalue weighted by Gasteiger charge is -2.13. The average Bonchev–Trinajstić information content (AvgIpc) is 2.61. The summed E-state index contributed by atoms with van der Waals surface area (Å²) in [7, 11) is 1.51. The molecule has 136 valence electrons. The van der Waals surface area contributed by atoms with E-state index in [4.69, 9.17) is 21.6 Å². The van der Waals surface area contributed by atoms with Gasteiger partial charge in [0.1, 0.15) is 17.4 Å². The molecule has 1 amide bonds. The van der Waals surface area contributed by atoms with E-state index >= 15 is 0 Å². The first-order chi connectivity index (χ1) is 12.4. The first-order valence-corrected chi connectivity index (χ1v) is 8.99. The number of nitrogens with zero attached hydrogens (tertiary/aromatic N) is 2. The molecule has 0 aliphatic rings. The number of carbonyl (C=O) groups is 1. The van der Waals surface area contributed by atoms with E-state index in [0.717, 1.165) is 11.8 Å². The Morgan fingerprint density at radius 1 is 1.54 bits per heavy atom. The number of rotatable bonds is 6. The molecule has 1 heterocycles. The topological polar surface area (TPSA) is 108 Å². The highest BCUT2D eigenvalue weighted by atomic mass is 35.5. The van der Waals surface area contributed by atoms with E-state index in [-0.39, 0.29) is 11.5 Å². The molecule has 0 aliphatic carbocycles. The van der Waals surface area contributed by atoms with Gasteiger partial charge >= 0.3 is 0 Å². The number of amides is 1. The van der Waals surface area contributed by atoms with Crippen LogP contribution in [0.1, 0.15) is 25.1 Å². The molecular weight excluding hydrogens is 376 g/mol. The molecular formula is C17H17ClN4O3S. The lowest BCUT2D eigenvalue weighted by Crippen LogP contribution is -2.24. The van der Waals surface area contributed by atoms with Crippen LogP contribution in [0, 0.1) is 11.3 Å². The number of H-pyrrole nitrogens is 1. The second-order valence-electron chi connectivity index (χ2n) is 5.26. The highest BCUT2D eigenvalue weighted by molar-refractivity contribution is 8.00. The monoisotopic (exact) mass is 392 g/mol. The number of aromatic amines is 1. The van der Waals surface area contributed by atoms with Crippen molar-refractivity contribution in [2.45, 2.75) is 30.7 Å². The van der Waals surface area contributed by atoms with Crippen LogP contribution in [-0.4, -0.2) is 28.2 Å². The minimum Gasteiger partial charge on any atom is -0.495 e. The smallest absolute Gasteiger partial charge is 0.269 e. The van der Waals surface area contributed by atoms with Crippen LogP contribution >= 0.6 is 23.4 Å². The number of ether oxygens (including phenoxy) is 1. The van der Waals surface area contributed by atoms with Crippen molar-refractivity contribution in [3.63, 3.8) is 0 Å². The van der Waals surface area contributed by atoms with Crippen LogP contribution in [0.5, 0.6) is 5.75 Å². The highest BCUT2D eigenvalue weighted by Crippen LogP contribution is 2.28. The van der Waals surface area contributed by atoms with Crippen LogP contribution < -0.4 is 15.6 Å². The number of methoxy groups -OCH3 is 1. The van der Waals surface area contributed by atoms with Gasteiger partial charge in [-0.05, 0) is 31.5 Å². The number of anilines is 1. The summed E-state index contributed by atoms with van der Waals surface area (Å²) in [4.78, 5) is 31.1. The second kappa shape index (κ2) is 8.74. The van der Waals surface area contributed by atoms with Crippen molar-refractivity contribution >= 4 is 35.0 Å². The number of aryl methyl sites for hydroxylation is 1. The number of halogens is 1. The number of hydrogen-bond donors (Lipinski definition) is 2. The summed E-state index contributed by atoms with van der Waals surface area (Å²) in [5, 5.41) is 11.9. The van der Waals surface area contributed by atoms with Crippen LogP contribution in [0.25, 0.3) is 0 Å². The van der Waals surface area contributed by atoms with E-state index in [9.17, 15) is 9.59 Å². The largest absolute Gasteiger partial charge is 0.495 e. The maximum absolute atomic E-state index is 12.4. The third kappa shape index (κ3) is 4.56. The molecule has 1 atom stereocenters. The summed E-state index contributed by atoms with van der Waals surface area (Å²) >= 11 is 7.14. The molecule has 7 nitrogen and oxygen atoms in total. The molecule has 1 aromatic heterocycles. The zero-order valence-electron chi connectivity index (χ0n) is 14.4. The van der Waals surface area contributed by atoms with Crippen molar-refractivity contribution in [3.05, 3.63) is 44.8 Å². The van der Waals surface area contributed by atoms with Gasteiger partial charge in [-0.2, -0.15) is 5.26 Å². The summed E-state index contributed by atoms with van der Waals surface area (Å²) < 4.78 is 5.07. The highest BCUT2D eigenvalue weighted by Gasteiger charge is 2.18. The van der Waals surface area contributed by atoms with Gasteiger partial charge < -0.3 is 15.0 Å². The fourth-order valence-electron chi connectivity index (χ4n) is 2.13. The Labute approximate surface area is 159 Å². The number of nitrogens with one attached hydrogen (secondary N) is 2. The Morgan fingerprint density at radius 3 is 2.85 bits per heavy atom. The Balaban J connectivity index is 2.12. The first-order valence-electron chi connectivity index (χ1n) is 7.73. The molecule has 9 heteroatoms. The lowest BCUT2D eigenvalue weighted by molar-refractivity contribution is -0.115. The van der Waals surface area contributed by atoms with Crippen molar-refractivity contribution in [2.24, 2.45) is 0 Å². The summed E-state index contributed by atoms with van der Waals surface area (Å²) in [5.74, 6) is 0.236. The van der Waals surface area contributed by atoms with Gasteiger partial charge in [0.05, 0.1) is 23.1 Å². The van der Waals surface area contributed by atoms with Gasteiger partial charge in [0.2, 0.25) is 5.91 Å². The van der Waals surface area contributed by atoms with Gasteiger partial charge in [0, 0.05) is 5.69 Å². The van der Waals surface area contributed by atoms with Crippen LogP contribution in [0.3, 0.4) is 0 Å². The number of thioether (sulfide) groups is 1. The van der Waals surface area contributed by atoms with Gasteiger partial charge in [0.25, 0.3) is 5.56 Å². The van der Waals surface area contributed by atoms with Crippen LogP contribution in [0.15, 0.2) is 28.2 Å². The molecule has 2 N–H and O–H groups in total. The fourth-order valence-corrected chi connectivity index (χ4v) is 3.21. The molecule has 0 bridgehead atoms. The molecule has 26 heavy (non-hydrogen) atoms. The maximum atomic E-state index is 12.4. The van der Waals surface area contributed by atoms with Gasteiger partial charge in [0.15, 0.2) is 5.16 Å². The Bertz CT molecular complexity index is 923. The van der Waals surface area contributed by atoms with Gasteiger partial charge in [-0.1, -0.05) is 30.3 Å². The molecule has 1 unspecified atom stereocenters. The predicted octanol–water partition coefficient (Wildman–Crippen LogP) is 2.99. The maximum Gasteiger partial charge on any atom is 0.269 e. The van der Waals surface area contributed by atoms with E-state index in [1.807, 2.05) is 6.07 Å². The van der Waals surface area contributed by atoms with Crippen molar-refractivity contribution in [2.75, 3.05) is 12.4 Å². The molecule has 2 aromatic rings. The summed E-state index contributed by atoms with van der Waals surface area (Å²) in [6.07, 6.45) is 0.450. The van der Waals surface area contributed by atoms with E-state index in [1.165, 1.54) is 7.11 Å². The zero-order valence-corrected chi connectivity index (χ0v) is 16.0. The Hall–Kier alpha value is -2.50. The van der Waals surface area contributed by atoms with Gasteiger partial charge in [-0.3, -0.25) is 9.59 Å². The molecule has 0 spiro atoms. The number of hydrogen-bond acceptors (Lipinski definition) is 6. The van der Waals surface area contributed by atoms with Crippen molar-refractivity contribution in [1.29, 1.82) is 5.26 Å². The van der Waals surface area contributed by atoms with Crippen molar-refractivity contribution < 1.29 is 9.53 Å². The third-order valence-corrected chi connectivity index (χ3v) is 4.78. The minimum absolute atomic E-state index is 0.00169. The predicted molar refractivity (Wildman–Crippen MR) is 101 cm³/mol. The van der Waals surface area contributed by atoms with Crippen LogP contribution in [0.4, 0.5) is 5.69 Å². The fraction of sp³-hybridized carbons (Fsp3) is 0.294. The second-order valence-corrected chi connectivity index (χ2v) is 6.99. The molecule has 0 fully saturated rings. The van der Waals surface area contributed by atoms with Crippen LogP contribution in [-0.2, 0) is 11.2 Å². The van der Waals surface area contributed by atoms with Crippen molar-refractivity contribution in [3.8, 4) is 11.8 Å². The van der Waals surface area contributed by atoms with E-state index in [2.05, 4.69) is 15.3 Å². The Morgan fingerprint density at radius 2 is 2.27 bits per heavy atom. The zero-order chi connectivity index (χ0) is 19.3. The molecule has 0 saturated carbocycles. The summed E-state index contributed by atoms with van der Waals surface area (Å²) in [6.45, 7) is 3.50. The summed E-state index contributed by atoms with van der Waals surface area (Å²) in [5.41, 5.74) is 0.440. The number of aromatic nitrogens is 2. The van der Waals surface area contributed by atoms with E-state index in [0.29, 0.717) is 33.7 Å².